The van der Waals surface area contributed by atoms with E-state index < -0.39 is 0 Å². The molecule has 0 aliphatic rings. The van der Waals surface area contributed by atoms with Gasteiger partial charge in [0, 0.05) is 33.6 Å². The average molecular weight is 536 g/mol. The zero-order chi connectivity index (χ0) is 27.6. The van der Waals surface area contributed by atoms with Gasteiger partial charge >= 0.3 is 0 Å². The first-order valence-electron chi connectivity index (χ1n) is 14.4. The SMILES string of the molecule is c1ccc(N(c2ccc3c(c2)oc2ccc4ccccc4c23)c2cc3ccccc3c3c2ccc2ccccc23)cc1. The molecule has 2 nitrogen and oxygen atoms in total. The van der Waals surface area contributed by atoms with Gasteiger partial charge in [0.25, 0.3) is 0 Å². The molecule has 0 amide bonds. The zero-order valence-electron chi connectivity index (χ0n) is 22.8. The van der Waals surface area contributed by atoms with Gasteiger partial charge in [0.15, 0.2) is 0 Å². The van der Waals surface area contributed by atoms with Gasteiger partial charge < -0.3 is 9.32 Å². The van der Waals surface area contributed by atoms with Crippen molar-refractivity contribution in [1.82, 2.24) is 0 Å². The van der Waals surface area contributed by atoms with E-state index in [0.717, 1.165) is 33.6 Å². The van der Waals surface area contributed by atoms with E-state index in [1.165, 1.54) is 48.5 Å². The lowest BCUT2D eigenvalue weighted by Gasteiger charge is -2.28. The van der Waals surface area contributed by atoms with Crippen LogP contribution in [0.15, 0.2) is 156 Å². The summed E-state index contributed by atoms with van der Waals surface area (Å²) >= 11 is 0. The molecule has 0 bridgehead atoms. The van der Waals surface area contributed by atoms with Gasteiger partial charge in [-0.1, -0.05) is 109 Å². The topological polar surface area (TPSA) is 16.4 Å². The fourth-order valence-corrected chi connectivity index (χ4v) is 6.71. The van der Waals surface area contributed by atoms with Crippen molar-refractivity contribution >= 4 is 82.1 Å². The molecule has 0 atom stereocenters. The normalized spacial score (nSPS) is 11.8. The first kappa shape index (κ1) is 23.1. The number of benzene rings is 8. The van der Waals surface area contributed by atoms with Gasteiger partial charge in [-0.2, -0.15) is 0 Å². The highest BCUT2D eigenvalue weighted by Crippen LogP contribution is 2.45. The van der Waals surface area contributed by atoms with E-state index in [9.17, 15) is 0 Å². The highest BCUT2D eigenvalue weighted by Gasteiger charge is 2.20. The van der Waals surface area contributed by atoms with Crippen molar-refractivity contribution in [2.24, 2.45) is 0 Å². The predicted octanol–water partition coefficient (Wildman–Crippen LogP) is 11.7. The molecule has 196 valence electrons. The third-order valence-electron chi connectivity index (χ3n) is 8.59. The Bertz CT molecular complexity index is 2460. The molecule has 0 N–H and O–H groups in total. The molecule has 9 aromatic rings. The molecule has 0 fully saturated rings. The van der Waals surface area contributed by atoms with Crippen molar-refractivity contribution in [1.29, 1.82) is 0 Å². The van der Waals surface area contributed by atoms with Crippen LogP contribution in [0.1, 0.15) is 0 Å². The van der Waals surface area contributed by atoms with E-state index in [0.29, 0.717) is 0 Å². The van der Waals surface area contributed by atoms with E-state index in [2.05, 4.69) is 157 Å². The molecular formula is C40H25NO. The molecule has 0 unspecified atom stereocenters. The summed E-state index contributed by atoms with van der Waals surface area (Å²) in [5.41, 5.74) is 5.09. The largest absolute Gasteiger partial charge is 0.456 e. The number of fused-ring (bicyclic) bond motifs is 10. The van der Waals surface area contributed by atoms with Crippen molar-refractivity contribution in [3.63, 3.8) is 0 Å². The third kappa shape index (κ3) is 3.39. The summed E-state index contributed by atoms with van der Waals surface area (Å²) in [6, 6.07) is 54.3. The van der Waals surface area contributed by atoms with Gasteiger partial charge in [0.1, 0.15) is 11.2 Å². The molecule has 9 rings (SSSR count). The molecule has 8 aromatic carbocycles. The van der Waals surface area contributed by atoms with Crippen molar-refractivity contribution < 1.29 is 4.42 Å². The minimum Gasteiger partial charge on any atom is -0.456 e. The number of furan rings is 1. The molecule has 1 aromatic heterocycles. The third-order valence-corrected chi connectivity index (χ3v) is 8.59. The Hall–Kier alpha value is -5.60. The molecule has 0 spiro atoms. The summed E-state index contributed by atoms with van der Waals surface area (Å²) < 4.78 is 6.51. The van der Waals surface area contributed by atoms with Crippen molar-refractivity contribution in [3.05, 3.63) is 152 Å². The first-order chi connectivity index (χ1) is 20.8. The number of para-hydroxylation sites is 1. The number of rotatable bonds is 3. The van der Waals surface area contributed by atoms with Crippen LogP contribution in [0.2, 0.25) is 0 Å². The lowest BCUT2D eigenvalue weighted by atomic mass is 9.94. The Labute approximate surface area is 242 Å². The van der Waals surface area contributed by atoms with Crippen LogP contribution in [0.3, 0.4) is 0 Å². The second-order valence-corrected chi connectivity index (χ2v) is 10.9. The van der Waals surface area contributed by atoms with Gasteiger partial charge in [-0.05, 0) is 74.1 Å². The Morgan fingerprint density at radius 2 is 0.952 bits per heavy atom. The molecule has 2 heteroatoms. The van der Waals surface area contributed by atoms with E-state index >= 15 is 0 Å². The maximum atomic E-state index is 6.51. The van der Waals surface area contributed by atoms with Gasteiger partial charge in [-0.3, -0.25) is 0 Å². The van der Waals surface area contributed by atoms with Crippen LogP contribution in [-0.4, -0.2) is 0 Å². The van der Waals surface area contributed by atoms with E-state index in [4.69, 9.17) is 4.42 Å². The first-order valence-corrected chi connectivity index (χ1v) is 14.4. The Morgan fingerprint density at radius 1 is 0.357 bits per heavy atom. The molecule has 0 radical (unpaired) electrons. The standard InChI is InChI=1S/C40H25NO/c1-2-13-29(14-3-1)41(30-20-22-35-38(25-30)42-37-23-19-27-11-5-8-16-32(27)40(35)37)36-24-28-12-6-9-17-33(28)39-31-15-7-4-10-26(31)18-21-34(36)39/h1-25H. The molecule has 0 saturated carbocycles. The van der Waals surface area contributed by atoms with Crippen LogP contribution in [0.5, 0.6) is 0 Å². The van der Waals surface area contributed by atoms with Gasteiger partial charge in [-0.15, -0.1) is 0 Å². The quantitative estimate of drug-likeness (QED) is 0.209. The Morgan fingerprint density at radius 3 is 1.71 bits per heavy atom. The van der Waals surface area contributed by atoms with Crippen molar-refractivity contribution in [3.8, 4) is 0 Å². The van der Waals surface area contributed by atoms with Gasteiger partial charge in [0.2, 0.25) is 0 Å². The number of hydrogen-bond donors (Lipinski definition) is 0. The van der Waals surface area contributed by atoms with Crippen LogP contribution < -0.4 is 4.90 Å². The summed E-state index contributed by atoms with van der Waals surface area (Å²) in [4.78, 5) is 2.37. The summed E-state index contributed by atoms with van der Waals surface area (Å²) in [6.07, 6.45) is 0. The Balaban J connectivity index is 1.36. The molecule has 0 aliphatic heterocycles. The minimum absolute atomic E-state index is 0.885. The number of hydrogen-bond acceptors (Lipinski definition) is 2. The van der Waals surface area contributed by atoms with Crippen LogP contribution >= 0.6 is 0 Å². The predicted molar refractivity (Wildman–Crippen MR) is 178 cm³/mol. The summed E-state index contributed by atoms with van der Waals surface area (Å²) in [6.45, 7) is 0. The van der Waals surface area contributed by atoms with E-state index in [1.807, 2.05) is 0 Å². The van der Waals surface area contributed by atoms with Crippen molar-refractivity contribution in [2.75, 3.05) is 4.90 Å². The van der Waals surface area contributed by atoms with Crippen LogP contribution in [0, 0.1) is 0 Å². The van der Waals surface area contributed by atoms with Crippen molar-refractivity contribution in [2.45, 2.75) is 0 Å². The number of anilines is 3. The van der Waals surface area contributed by atoms with Crippen LogP contribution in [0.25, 0.3) is 65.0 Å². The van der Waals surface area contributed by atoms with Crippen LogP contribution in [-0.2, 0) is 0 Å². The summed E-state index contributed by atoms with van der Waals surface area (Å²) in [5, 5.41) is 12.2. The lowest BCUT2D eigenvalue weighted by Crippen LogP contribution is -2.10. The summed E-state index contributed by atoms with van der Waals surface area (Å²) in [5.74, 6) is 0. The average Bonchev–Trinajstić information content (AvgIpc) is 3.44. The molecule has 42 heavy (non-hydrogen) atoms. The van der Waals surface area contributed by atoms with E-state index in [-0.39, 0.29) is 0 Å². The maximum Gasteiger partial charge on any atom is 0.137 e. The van der Waals surface area contributed by atoms with Gasteiger partial charge in [-0.25, -0.2) is 0 Å². The monoisotopic (exact) mass is 535 g/mol. The smallest absolute Gasteiger partial charge is 0.137 e. The lowest BCUT2D eigenvalue weighted by molar-refractivity contribution is 0.669. The van der Waals surface area contributed by atoms with Gasteiger partial charge in [0.05, 0.1) is 5.69 Å². The molecule has 1 heterocycles. The maximum absolute atomic E-state index is 6.51. The molecule has 0 saturated heterocycles. The second-order valence-electron chi connectivity index (χ2n) is 10.9. The Kier molecular flexibility index (Phi) is 4.93. The fourth-order valence-electron chi connectivity index (χ4n) is 6.71. The van der Waals surface area contributed by atoms with Crippen LogP contribution in [0.4, 0.5) is 17.1 Å². The highest BCUT2D eigenvalue weighted by molar-refractivity contribution is 6.25. The second kappa shape index (κ2) is 8.95. The number of nitrogens with zero attached hydrogens (tertiary/aromatic N) is 1. The summed E-state index contributed by atoms with van der Waals surface area (Å²) in [7, 11) is 0. The fraction of sp³-hybridized carbons (Fsp3) is 0. The van der Waals surface area contributed by atoms with E-state index in [1.54, 1.807) is 0 Å². The highest BCUT2D eigenvalue weighted by atomic mass is 16.3. The molecule has 0 aliphatic carbocycles. The molecular weight excluding hydrogens is 510 g/mol. The minimum atomic E-state index is 0.885. The zero-order valence-corrected chi connectivity index (χ0v) is 22.8.